The maximum absolute atomic E-state index is 12.1. The molecule has 0 saturated heterocycles. The Balaban J connectivity index is 1.55. The topological polar surface area (TPSA) is 93.4 Å². The number of carbonyl (C=O) groups excluding carboxylic acids is 1. The van der Waals surface area contributed by atoms with Crippen LogP contribution in [0.5, 0.6) is 0 Å². The molecule has 0 aliphatic heterocycles. The van der Waals surface area contributed by atoms with E-state index in [2.05, 4.69) is 25.9 Å². The monoisotopic (exact) mass is 368 g/mol. The standard InChI is InChI=1S/C19H24N6O2/c1-2-27-14-6-12-20-16-9-10-17-22-23-18(25(17)24-16)11-13-21-19(26)15-7-4-3-5-8-15/h3-5,7-10H,2,6,11-14H2,1H3,(H,20,24)(H,21,26). The Labute approximate surface area is 157 Å². The maximum atomic E-state index is 12.1. The Morgan fingerprint density at radius 1 is 1.11 bits per heavy atom. The van der Waals surface area contributed by atoms with Crippen LogP contribution < -0.4 is 10.6 Å². The molecule has 2 N–H and O–H groups in total. The first-order chi connectivity index (χ1) is 13.3. The number of hydrogen-bond donors (Lipinski definition) is 2. The molecule has 0 radical (unpaired) electrons. The molecule has 1 amide bonds. The highest BCUT2D eigenvalue weighted by molar-refractivity contribution is 5.94. The van der Waals surface area contributed by atoms with Gasteiger partial charge in [0, 0.05) is 38.3 Å². The van der Waals surface area contributed by atoms with Gasteiger partial charge in [-0.1, -0.05) is 18.2 Å². The average molecular weight is 368 g/mol. The molecule has 142 valence electrons. The highest BCUT2D eigenvalue weighted by Crippen LogP contribution is 2.08. The molecule has 2 aromatic heterocycles. The van der Waals surface area contributed by atoms with Crippen LogP contribution in [0.1, 0.15) is 29.5 Å². The Hall–Kier alpha value is -3.00. The van der Waals surface area contributed by atoms with E-state index in [-0.39, 0.29) is 5.91 Å². The summed E-state index contributed by atoms with van der Waals surface area (Å²) < 4.78 is 7.03. The second kappa shape index (κ2) is 9.63. The lowest BCUT2D eigenvalue weighted by Crippen LogP contribution is -2.26. The first kappa shape index (κ1) is 18.8. The number of anilines is 1. The van der Waals surface area contributed by atoms with Gasteiger partial charge in [-0.2, -0.15) is 4.52 Å². The Morgan fingerprint density at radius 3 is 2.78 bits per heavy atom. The summed E-state index contributed by atoms with van der Waals surface area (Å²) in [5.41, 5.74) is 1.32. The van der Waals surface area contributed by atoms with E-state index in [1.165, 1.54) is 0 Å². The lowest BCUT2D eigenvalue weighted by atomic mass is 10.2. The molecule has 0 bridgehead atoms. The van der Waals surface area contributed by atoms with Crippen LogP contribution in [0.25, 0.3) is 5.65 Å². The van der Waals surface area contributed by atoms with Gasteiger partial charge in [0.25, 0.3) is 5.91 Å². The third-order valence-corrected chi connectivity index (χ3v) is 3.97. The van der Waals surface area contributed by atoms with Crippen molar-refractivity contribution in [3.8, 4) is 0 Å². The minimum atomic E-state index is -0.103. The lowest BCUT2D eigenvalue weighted by molar-refractivity contribution is 0.0954. The number of ether oxygens (including phenoxy) is 1. The van der Waals surface area contributed by atoms with Crippen molar-refractivity contribution in [3.05, 3.63) is 53.9 Å². The number of aromatic nitrogens is 4. The first-order valence-corrected chi connectivity index (χ1v) is 9.14. The first-order valence-electron chi connectivity index (χ1n) is 9.14. The van der Waals surface area contributed by atoms with Crippen molar-refractivity contribution in [3.63, 3.8) is 0 Å². The Kier molecular flexibility index (Phi) is 6.70. The summed E-state index contributed by atoms with van der Waals surface area (Å²) in [4.78, 5) is 12.1. The zero-order valence-electron chi connectivity index (χ0n) is 15.4. The van der Waals surface area contributed by atoms with Crippen molar-refractivity contribution in [1.82, 2.24) is 25.1 Å². The van der Waals surface area contributed by atoms with Gasteiger partial charge in [-0.05, 0) is 37.6 Å². The molecule has 3 aromatic rings. The zero-order valence-corrected chi connectivity index (χ0v) is 15.4. The quantitative estimate of drug-likeness (QED) is 0.531. The van der Waals surface area contributed by atoms with Crippen LogP contribution in [0.2, 0.25) is 0 Å². The van der Waals surface area contributed by atoms with Gasteiger partial charge in [-0.3, -0.25) is 4.79 Å². The SMILES string of the molecule is CCOCCCNc1ccc2nnc(CCNC(=O)c3ccccc3)n2n1. The molecule has 0 aliphatic carbocycles. The number of fused-ring (bicyclic) bond motifs is 1. The molecule has 0 aliphatic rings. The summed E-state index contributed by atoms with van der Waals surface area (Å²) in [6, 6.07) is 12.9. The summed E-state index contributed by atoms with van der Waals surface area (Å²) in [6.45, 7) is 4.68. The fraction of sp³-hybridized carbons (Fsp3) is 0.368. The van der Waals surface area contributed by atoms with Gasteiger partial charge in [0.05, 0.1) is 0 Å². The summed E-state index contributed by atoms with van der Waals surface area (Å²) in [5.74, 6) is 1.36. The van der Waals surface area contributed by atoms with Crippen molar-refractivity contribution in [2.45, 2.75) is 19.8 Å². The van der Waals surface area contributed by atoms with Gasteiger partial charge in [-0.25, -0.2) is 0 Å². The minimum Gasteiger partial charge on any atom is -0.382 e. The highest BCUT2D eigenvalue weighted by atomic mass is 16.5. The summed E-state index contributed by atoms with van der Waals surface area (Å²) in [5, 5.41) is 19.0. The van der Waals surface area contributed by atoms with E-state index in [0.29, 0.717) is 30.0 Å². The van der Waals surface area contributed by atoms with E-state index in [0.717, 1.165) is 32.0 Å². The van der Waals surface area contributed by atoms with Crippen LogP contribution in [0.3, 0.4) is 0 Å². The molecule has 0 saturated carbocycles. The molecule has 0 spiro atoms. The molecular formula is C19H24N6O2. The maximum Gasteiger partial charge on any atom is 0.251 e. The third kappa shape index (κ3) is 5.24. The van der Waals surface area contributed by atoms with E-state index in [9.17, 15) is 4.79 Å². The van der Waals surface area contributed by atoms with Crippen molar-refractivity contribution in [2.24, 2.45) is 0 Å². The molecule has 2 heterocycles. The summed E-state index contributed by atoms with van der Waals surface area (Å²) in [6.07, 6.45) is 1.45. The van der Waals surface area contributed by atoms with Gasteiger partial charge in [0.1, 0.15) is 5.82 Å². The van der Waals surface area contributed by atoms with Gasteiger partial charge in [0.2, 0.25) is 0 Å². The van der Waals surface area contributed by atoms with Gasteiger partial charge in [0.15, 0.2) is 11.5 Å². The van der Waals surface area contributed by atoms with E-state index in [4.69, 9.17) is 4.74 Å². The second-order valence-corrected chi connectivity index (χ2v) is 5.95. The molecule has 8 nitrogen and oxygen atoms in total. The molecule has 8 heteroatoms. The second-order valence-electron chi connectivity index (χ2n) is 5.95. The van der Waals surface area contributed by atoms with Gasteiger partial charge >= 0.3 is 0 Å². The largest absolute Gasteiger partial charge is 0.382 e. The van der Waals surface area contributed by atoms with Crippen LogP contribution in [0.4, 0.5) is 5.82 Å². The zero-order chi connectivity index (χ0) is 18.9. The fourth-order valence-corrected chi connectivity index (χ4v) is 2.60. The number of carbonyl (C=O) groups is 1. The molecule has 0 unspecified atom stereocenters. The van der Waals surface area contributed by atoms with Crippen LogP contribution in [-0.4, -0.2) is 52.0 Å². The third-order valence-electron chi connectivity index (χ3n) is 3.97. The molecule has 3 rings (SSSR count). The average Bonchev–Trinajstić information content (AvgIpc) is 3.11. The number of nitrogens with zero attached hydrogens (tertiary/aromatic N) is 4. The van der Waals surface area contributed by atoms with Gasteiger partial charge < -0.3 is 15.4 Å². The summed E-state index contributed by atoms with van der Waals surface area (Å²) >= 11 is 0. The van der Waals surface area contributed by atoms with Crippen LogP contribution in [0.15, 0.2) is 42.5 Å². The van der Waals surface area contributed by atoms with Crippen LogP contribution in [-0.2, 0) is 11.2 Å². The number of rotatable bonds is 10. The molecule has 0 fully saturated rings. The fourth-order valence-electron chi connectivity index (χ4n) is 2.60. The van der Waals surface area contributed by atoms with E-state index >= 15 is 0 Å². The van der Waals surface area contributed by atoms with Crippen molar-refractivity contribution >= 4 is 17.4 Å². The van der Waals surface area contributed by atoms with E-state index in [1.807, 2.05) is 37.3 Å². The number of hydrogen-bond acceptors (Lipinski definition) is 6. The number of amides is 1. The van der Waals surface area contributed by atoms with E-state index < -0.39 is 0 Å². The van der Waals surface area contributed by atoms with Gasteiger partial charge in [-0.15, -0.1) is 15.3 Å². The van der Waals surface area contributed by atoms with E-state index in [1.54, 1.807) is 16.6 Å². The van der Waals surface area contributed by atoms with Crippen LogP contribution in [0, 0.1) is 0 Å². The van der Waals surface area contributed by atoms with Crippen molar-refractivity contribution in [1.29, 1.82) is 0 Å². The minimum absolute atomic E-state index is 0.103. The molecule has 27 heavy (non-hydrogen) atoms. The normalized spacial score (nSPS) is 10.9. The molecule has 1 aromatic carbocycles. The summed E-state index contributed by atoms with van der Waals surface area (Å²) in [7, 11) is 0. The predicted molar refractivity (Wildman–Crippen MR) is 103 cm³/mol. The number of nitrogens with one attached hydrogen (secondary N) is 2. The number of benzene rings is 1. The Bertz CT molecular complexity index is 865. The van der Waals surface area contributed by atoms with Crippen LogP contribution >= 0.6 is 0 Å². The lowest BCUT2D eigenvalue weighted by Gasteiger charge is -2.07. The Morgan fingerprint density at radius 2 is 1.96 bits per heavy atom. The van der Waals surface area contributed by atoms with Crippen molar-refractivity contribution < 1.29 is 9.53 Å². The highest BCUT2D eigenvalue weighted by Gasteiger charge is 2.09. The van der Waals surface area contributed by atoms with Crippen molar-refractivity contribution in [2.75, 3.05) is 31.6 Å². The molecule has 0 atom stereocenters. The smallest absolute Gasteiger partial charge is 0.251 e. The molecular weight excluding hydrogens is 344 g/mol. The predicted octanol–water partition coefficient (Wildman–Crippen LogP) is 1.94.